The number of methoxy groups -OCH3 is 2. The number of rotatable bonds is 10. The van der Waals surface area contributed by atoms with Crippen molar-refractivity contribution in [3.8, 4) is 0 Å². The first kappa shape index (κ1) is 29.8. The van der Waals surface area contributed by atoms with E-state index in [0.717, 1.165) is 0 Å². The summed E-state index contributed by atoms with van der Waals surface area (Å²) in [6.45, 7) is 6.32. The Labute approximate surface area is 205 Å². The van der Waals surface area contributed by atoms with Gasteiger partial charge in [-0.25, -0.2) is 0 Å². The fourth-order valence-corrected chi connectivity index (χ4v) is 4.25. The molecule has 12 nitrogen and oxygen atoms in total. The van der Waals surface area contributed by atoms with Crippen LogP contribution in [0.1, 0.15) is 34.1 Å². The largest absolute Gasteiger partial charge is 0.463 e. The van der Waals surface area contributed by atoms with Gasteiger partial charge >= 0.3 is 11.9 Å². The van der Waals surface area contributed by atoms with Gasteiger partial charge in [0.25, 0.3) is 0 Å². The summed E-state index contributed by atoms with van der Waals surface area (Å²) in [5.41, 5.74) is 0. The summed E-state index contributed by atoms with van der Waals surface area (Å²) in [6, 6.07) is 0. The molecule has 2 heterocycles. The van der Waals surface area contributed by atoms with Crippen molar-refractivity contribution in [2.45, 2.75) is 83.3 Å². The van der Waals surface area contributed by atoms with Gasteiger partial charge in [0.2, 0.25) is 0 Å². The number of aliphatic hydroxyl groups excluding tert-OH is 4. The standard InChI is InChI=1S/C23H40O12/c1-10(20(28)32-8-14-12(3)16(24)18(26)22(30-5)34-14)7-11(2)21(29)33-9-15-13(4)17(25)19(27)23(31-6)35-15/h10-19,22-27H,7-9H2,1-6H3/t10?,11?,12?,13?,14?,15?,16?,17?,18?,19?,22-,23-/m0/s1. The SMILES string of the molecule is CO[C@H]1OC(COC(=O)C(C)CC(C)C(=O)OCC2O[C@H](OC)C(O)C(O)C2C)C(C)C(O)C1O. The summed E-state index contributed by atoms with van der Waals surface area (Å²) in [5, 5.41) is 40.2. The molecule has 0 aromatic heterocycles. The van der Waals surface area contributed by atoms with Crippen LogP contribution in [0.2, 0.25) is 0 Å². The van der Waals surface area contributed by atoms with Gasteiger partial charge < -0.3 is 48.8 Å². The van der Waals surface area contributed by atoms with Crippen molar-refractivity contribution in [2.24, 2.45) is 23.7 Å². The van der Waals surface area contributed by atoms with Gasteiger partial charge in [-0.05, 0) is 6.42 Å². The van der Waals surface area contributed by atoms with Crippen molar-refractivity contribution in [3.05, 3.63) is 0 Å². The van der Waals surface area contributed by atoms with Crippen LogP contribution in [0.4, 0.5) is 0 Å². The van der Waals surface area contributed by atoms with E-state index < -0.39 is 84.8 Å². The van der Waals surface area contributed by atoms with Gasteiger partial charge in [0.15, 0.2) is 12.6 Å². The van der Waals surface area contributed by atoms with Gasteiger partial charge in [-0.15, -0.1) is 0 Å². The highest BCUT2D eigenvalue weighted by Crippen LogP contribution is 2.28. The quantitative estimate of drug-likeness (QED) is 0.271. The molecule has 2 fully saturated rings. The highest BCUT2D eigenvalue weighted by Gasteiger charge is 2.44. The van der Waals surface area contributed by atoms with Crippen LogP contribution in [0, 0.1) is 23.7 Å². The number of hydrogen-bond donors (Lipinski definition) is 4. The second kappa shape index (κ2) is 13.2. The Bertz CT molecular complexity index is 629. The third-order valence-electron chi connectivity index (χ3n) is 6.88. The predicted molar refractivity (Wildman–Crippen MR) is 119 cm³/mol. The topological polar surface area (TPSA) is 170 Å². The van der Waals surface area contributed by atoms with Crippen molar-refractivity contribution >= 4 is 11.9 Å². The zero-order valence-corrected chi connectivity index (χ0v) is 21.1. The van der Waals surface area contributed by atoms with Crippen molar-refractivity contribution in [3.63, 3.8) is 0 Å². The Kier molecular flexibility index (Phi) is 11.3. The van der Waals surface area contributed by atoms with Gasteiger partial charge in [0.1, 0.15) is 25.4 Å². The van der Waals surface area contributed by atoms with Gasteiger partial charge in [-0.1, -0.05) is 27.7 Å². The molecule has 2 aliphatic heterocycles. The Balaban J connectivity index is 1.79. The minimum atomic E-state index is -1.21. The van der Waals surface area contributed by atoms with E-state index >= 15 is 0 Å². The van der Waals surface area contributed by atoms with E-state index in [0.29, 0.717) is 0 Å². The van der Waals surface area contributed by atoms with E-state index in [2.05, 4.69) is 0 Å². The van der Waals surface area contributed by atoms with E-state index in [4.69, 9.17) is 28.4 Å². The van der Waals surface area contributed by atoms with E-state index in [1.165, 1.54) is 14.2 Å². The van der Waals surface area contributed by atoms with E-state index in [1.54, 1.807) is 27.7 Å². The van der Waals surface area contributed by atoms with Gasteiger partial charge in [0.05, 0.1) is 36.3 Å². The predicted octanol–water partition coefficient (Wildman–Crippen LogP) is -0.806. The lowest BCUT2D eigenvalue weighted by atomic mass is 9.91. The molecule has 0 spiro atoms. The highest BCUT2D eigenvalue weighted by atomic mass is 16.7. The number of aliphatic hydroxyl groups is 4. The van der Waals surface area contributed by atoms with Crippen LogP contribution in [0.3, 0.4) is 0 Å². The Morgan fingerprint density at radius 3 is 1.37 bits per heavy atom. The minimum Gasteiger partial charge on any atom is -0.463 e. The molecular formula is C23H40O12. The molecule has 0 aliphatic carbocycles. The average Bonchev–Trinajstić information content (AvgIpc) is 2.84. The van der Waals surface area contributed by atoms with Gasteiger partial charge in [-0.2, -0.15) is 0 Å². The number of carbonyl (C=O) groups excluding carboxylic acids is 2. The molecule has 2 rings (SSSR count). The fourth-order valence-electron chi connectivity index (χ4n) is 4.25. The summed E-state index contributed by atoms with van der Waals surface area (Å²) in [5.74, 6) is -3.31. The zero-order chi connectivity index (χ0) is 26.4. The van der Waals surface area contributed by atoms with Crippen LogP contribution in [-0.4, -0.2) is 109 Å². The molecule has 4 N–H and O–H groups in total. The van der Waals surface area contributed by atoms with E-state index in [1.807, 2.05) is 0 Å². The number of esters is 2. The molecule has 35 heavy (non-hydrogen) atoms. The second-order valence-corrected chi connectivity index (χ2v) is 9.54. The van der Waals surface area contributed by atoms with Crippen LogP contribution in [0.25, 0.3) is 0 Å². The first-order valence-corrected chi connectivity index (χ1v) is 11.8. The lowest BCUT2D eigenvalue weighted by molar-refractivity contribution is -0.281. The molecule has 2 saturated heterocycles. The number of hydrogen-bond acceptors (Lipinski definition) is 12. The molecule has 0 radical (unpaired) electrons. The smallest absolute Gasteiger partial charge is 0.308 e. The van der Waals surface area contributed by atoms with Crippen LogP contribution in [0.5, 0.6) is 0 Å². The van der Waals surface area contributed by atoms with Crippen LogP contribution >= 0.6 is 0 Å². The molecule has 0 saturated carbocycles. The first-order valence-electron chi connectivity index (χ1n) is 11.8. The van der Waals surface area contributed by atoms with E-state index in [9.17, 15) is 30.0 Å². The molecular weight excluding hydrogens is 468 g/mol. The lowest BCUT2D eigenvalue weighted by Crippen LogP contribution is -2.55. The number of ether oxygens (including phenoxy) is 6. The van der Waals surface area contributed by atoms with Crippen LogP contribution in [0.15, 0.2) is 0 Å². The summed E-state index contributed by atoms with van der Waals surface area (Å²) >= 11 is 0. The summed E-state index contributed by atoms with van der Waals surface area (Å²) in [6.07, 6.45) is -7.82. The van der Waals surface area contributed by atoms with E-state index in [-0.39, 0.29) is 19.6 Å². The third kappa shape index (κ3) is 7.32. The molecule has 0 aromatic rings. The third-order valence-corrected chi connectivity index (χ3v) is 6.88. The highest BCUT2D eigenvalue weighted by molar-refractivity contribution is 5.75. The van der Waals surface area contributed by atoms with Crippen LogP contribution in [-0.2, 0) is 38.0 Å². The maximum atomic E-state index is 12.5. The van der Waals surface area contributed by atoms with Gasteiger partial charge in [-0.3, -0.25) is 9.59 Å². The van der Waals surface area contributed by atoms with Crippen molar-refractivity contribution in [2.75, 3.05) is 27.4 Å². The average molecular weight is 509 g/mol. The van der Waals surface area contributed by atoms with Crippen molar-refractivity contribution < 1.29 is 58.4 Å². The first-order chi connectivity index (χ1) is 16.4. The van der Waals surface area contributed by atoms with Crippen molar-refractivity contribution in [1.82, 2.24) is 0 Å². The maximum absolute atomic E-state index is 12.5. The molecule has 12 heteroatoms. The molecule has 10 unspecified atom stereocenters. The molecule has 0 aromatic carbocycles. The Hall–Kier alpha value is -1.38. The summed E-state index contributed by atoms with van der Waals surface area (Å²) in [7, 11) is 2.68. The lowest BCUT2D eigenvalue weighted by Gasteiger charge is -2.40. The zero-order valence-electron chi connectivity index (χ0n) is 21.1. The maximum Gasteiger partial charge on any atom is 0.308 e. The molecule has 0 amide bonds. The van der Waals surface area contributed by atoms with Gasteiger partial charge in [0, 0.05) is 26.1 Å². The normalized spacial score (nSPS) is 39.5. The molecule has 12 atom stereocenters. The minimum absolute atomic E-state index is 0.140. The van der Waals surface area contributed by atoms with Crippen molar-refractivity contribution in [1.29, 1.82) is 0 Å². The molecule has 0 bridgehead atoms. The Morgan fingerprint density at radius 2 is 1.06 bits per heavy atom. The fraction of sp³-hybridized carbons (Fsp3) is 0.913. The van der Waals surface area contributed by atoms with Crippen LogP contribution < -0.4 is 0 Å². The molecule has 2 aliphatic rings. The monoisotopic (exact) mass is 508 g/mol. The summed E-state index contributed by atoms with van der Waals surface area (Å²) < 4.78 is 31.8. The number of carbonyl (C=O) groups is 2. The summed E-state index contributed by atoms with van der Waals surface area (Å²) in [4.78, 5) is 24.9. The molecule has 204 valence electrons. The second-order valence-electron chi connectivity index (χ2n) is 9.54. The Morgan fingerprint density at radius 1 is 0.714 bits per heavy atom.